The van der Waals surface area contributed by atoms with Crippen LogP contribution in [0.15, 0.2) is 30.3 Å². The number of amides is 1. The van der Waals surface area contributed by atoms with E-state index >= 15 is 0 Å². The summed E-state index contributed by atoms with van der Waals surface area (Å²) in [5.74, 6) is -4.72. The summed E-state index contributed by atoms with van der Waals surface area (Å²) in [6, 6.07) is 8.84. The number of aliphatic carboxylic acids is 2. The van der Waals surface area contributed by atoms with Gasteiger partial charge in [-0.1, -0.05) is 18.2 Å². The SMILES string of the molecule is CN(C(=O)CCC(C(=O)O)C(=O)O)c1ccccc1. The van der Waals surface area contributed by atoms with E-state index in [-0.39, 0.29) is 18.7 Å². The van der Waals surface area contributed by atoms with E-state index in [1.54, 1.807) is 31.3 Å². The Morgan fingerprint density at radius 2 is 1.63 bits per heavy atom. The first-order valence-corrected chi connectivity index (χ1v) is 5.70. The van der Waals surface area contributed by atoms with Crippen molar-refractivity contribution in [3.8, 4) is 0 Å². The second-order valence-electron chi connectivity index (χ2n) is 4.06. The van der Waals surface area contributed by atoms with E-state index in [1.165, 1.54) is 4.90 Å². The van der Waals surface area contributed by atoms with Crippen molar-refractivity contribution < 1.29 is 24.6 Å². The summed E-state index contributed by atoms with van der Waals surface area (Å²) in [5, 5.41) is 17.4. The molecule has 1 aromatic rings. The summed E-state index contributed by atoms with van der Waals surface area (Å²) in [7, 11) is 1.56. The molecule has 0 fully saturated rings. The number of carboxylic acids is 2. The number of hydrogen-bond donors (Lipinski definition) is 2. The van der Waals surface area contributed by atoms with Gasteiger partial charge in [-0.05, 0) is 18.6 Å². The van der Waals surface area contributed by atoms with E-state index in [9.17, 15) is 14.4 Å². The number of nitrogens with zero attached hydrogens (tertiary/aromatic N) is 1. The number of rotatable bonds is 6. The van der Waals surface area contributed by atoms with Gasteiger partial charge < -0.3 is 15.1 Å². The molecule has 6 heteroatoms. The summed E-state index contributed by atoms with van der Waals surface area (Å²) in [6.45, 7) is 0. The fraction of sp³-hybridized carbons (Fsp3) is 0.308. The summed E-state index contributed by atoms with van der Waals surface area (Å²) < 4.78 is 0. The molecule has 0 aromatic heterocycles. The van der Waals surface area contributed by atoms with Crippen LogP contribution in [0.1, 0.15) is 12.8 Å². The predicted octanol–water partition coefficient (Wildman–Crippen LogP) is 1.21. The third-order valence-corrected chi connectivity index (χ3v) is 2.76. The maximum absolute atomic E-state index is 11.8. The Morgan fingerprint density at radius 3 is 2.11 bits per heavy atom. The van der Waals surface area contributed by atoms with Crippen molar-refractivity contribution in [2.24, 2.45) is 5.92 Å². The molecule has 0 aliphatic rings. The molecule has 0 unspecified atom stereocenters. The first kappa shape index (κ1) is 14.7. The van der Waals surface area contributed by atoms with Crippen LogP contribution in [0, 0.1) is 5.92 Å². The Balaban J connectivity index is 2.60. The Bertz CT molecular complexity index is 457. The zero-order valence-electron chi connectivity index (χ0n) is 10.4. The van der Waals surface area contributed by atoms with Crippen LogP contribution in [0.4, 0.5) is 5.69 Å². The van der Waals surface area contributed by atoms with Gasteiger partial charge >= 0.3 is 11.9 Å². The van der Waals surface area contributed by atoms with Gasteiger partial charge in [0.05, 0.1) is 0 Å². The molecule has 19 heavy (non-hydrogen) atoms. The molecule has 0 spiro atoms. The number of anilines is 1. The highest BCUT2D eigenvalue weighted by Gasteiger charge is 2.26. The molecule has 0 aliphatic heterocycles. The van der Waals surface area contributed by atoms with Gasteiger partial charge in [-0.2, -0.15) is 0 Å². The lowest BCUT2D eigenvalue weighted by atomic mass is 10.0. The molecule has 0 bridgehead atoms. The van der Waals surface area contributed by atoms with Crippen LogP contribution >= 0.6 is 0 Å². The highest BCUT2D eigenvalue weighted by Crippen LogP contribution is 2.15. The van der Waals surface area contributed by atoms with Crippen LogP contribution in [-0.4, -0.2) is 35.1 Å². The average molecular weight is 265 g/mol. The molecule has 0 heterocycles. The van der Waals surface area contributed by atoms with E-state index < -0.39 is 17.9 Å². The summed E-state index contributed by atoms with van der Waals surface area (Å²) >= 11 is 0. The number of benzene rings is 1. The molecule has 1 amide bonds. The maximum atomic E-state index is 11.8. The largest absolute Gasteiger partial charge is 0.481 e. The highest BCUT2D eigenvalue weighted by atomic mass is 16.4. The minimum absolute atomic E-state index is 0.130. The number of carboxylic acid groups (broad SMARTS) is 2. The predicted molar refractivity (Wildman–Crippen MR) is 67.8 cm³/mol. The smallest absolute Gasteiger partial charge is 0.317 e. The van der Waals surface area contributed by atoms with Crippen molar-refractivity contribution in [1.29, 1.82) is 0 Å². The van der Waals surface area contributed by atoms with Crippen molar-refractivity contribution in [2.75, 3.05) is 11.9 Å². The van der Waals surface area contributed by atoms with Gasteiger partial charge in [-0.25, -0.2) is 0 Å². The van der Waals surface area contributed by atoms with Crippen LogP contribution < -0.4 is 4.90 Å². The van der Waals surface area contributed by atoms with Gasteiger partial charge in [0.2, 0.25) is 5.91 Å². The molecule has 1 rings (SSSR count). The van der Waals surface area contributed by atoms with Gasteiger partial charge in [0.25, 0.3) is 0 Å². The molecule has 0 aliphatic carbocycles. The minimum atomic E-state index is -1.55. The number of carbonyl (C=O) groups excluding carboxylic acids is 1. The number of hydrogen-bond acceptors (Lipinski definition) is 3. The monoisotopic (exact) mass is 265 g/mol. The molecule has 0 radical (unpaired) electrons. The van der Waals surface area contributed by atoms with E-state index in [1.807, 2.05) is 6.07 Å². The van der Waals surface area contributed by atoms with Crippen LogP contribution in [0.25, 0.3) is 0 Å². The molecule has 6 nitrogen and oxygen atoms in total. The second kappa shape index (κ2) is 6.53. The zero-order chi connectivity index (χ0) is 14.4. The zero-order valence-corrected chi connectivity index (χ0v) is 10.4. The van der Waals surface area contributed by atoms with Crippen molar-refractivity contribution in [2.45, 2.75) is 12.8 Å². The van der Waals surface area contributed by atoms with Gasteiger partial charge in [-0.15, -0.1) is 0 Å². The van der Waals surface area contributed by atoms with Gasteiger partial charge in [0.15, 0.2) is 5.92 Å². The van der Waals surface area contributed by atoms with Crippen LogP contribution in [-0.2, 0) is 14.4 Å². The van der Waals surface area contributed by atoms with Gasteiger partial charge in [0, 0.05) is 19.2 Å². The summed E-state index contributed by atoms with van der Waals surface area (Å²) in [4.78, 5) is 34.6. The van der Waals surface area contributed by atoms with Crippen LogP contribution in [0.3, 0.4) is 0 Å². The fourth-order valence-electron chi connectivity index (χ4n) is 1.58. The van der Waals surface area contributed by atoms with Crippen molar-refractivity contribution >= 4 is 23.5 Å². The maximum Gasteiger partial charge on any atom is 0.317 e. The van der Waals surface area contributed by atoms with Gasteiger partial charge in [-0.3, -0.25) is 14.4 Å². The third-order valence-electron chi connectivity index (χ3n) is 2.76. The lowest BCUT2D eigenvalue weighted by Gasteiger charge is -2.17. The lowest BCUT2D eigenvalue weighted by molar-refractivity contribution is -0.154. The molecule has 0 saturated heterocycles. The highest BCUT2D eigenvalue weighted by molar-refractivity contribution is 5.95. The average Bonchev–Trinajstić information content (AvgIpc) is 2.38. The number of para-hydroxylation sites is 1. The Kier molecular flexibility index (Phi) is 5.05. The quantitative estimate of drug-likeness (QED) is 0.754. The van der Waals surface area contributed by atoms with Crippen molar-refractivity contribution in [3.63, 3.8) is 0 Å². The Labute approximate surface area is 110 Å². The van der Waals surface area contributed by atoms with Crippen molar-refractivity contribution in [3.05, 3.63) is 30.3 Å². The normalized spacial score (nSPS) is 10.2. The van der Waals surface area contributed by atoms with E-state index in [0.717, 1.165) is 0 Å². The first-order valence-electron chi connectivity index (χ1n) is 5.70. The first-order chi connectivity index (χ1) is 8.93. The molecule has 0 atom stereocenters. The summed E-state index contributed by atoms with van der Waals surface area (Å²) in [6.07, 6.45) is -0.352. The topological polar surface area (TPSA) is 94.9 Å². The lowest BCUT2D eigenvalue weighted by Crippen LogP contribution is -2.29. The molecule has 102 valence electrons. The molecule has 0 saturated carbocycles. The van der Waals surface area contributed by atoms with Crippen LogP contribution in [0.5, 0.6) is 0 Å². The molecular formula is C13H15NO5. The molecule has 2 N–H and O–H groups in total. The Morgan fingerprint density at radius 1 is 1.11 bits per heavy atom. The van der Waals surface area contributed by atoms with E-state index in [4.69, 9.17) is 10.2 Å². The minimum Gasteiger partial charge on any atom is -0.481 e. The standard InChI is InChI=1S/C13H15NO5/c1-14(9-5-3-2-4-6-9)11(15)8-7-10(12(16)17)13(18)19/h2-6,10H,7-8H2,1H3,(H,16,17)(H,18,19). The summed E-state index contributed by atoms with van der Waals surface area (Å²) in [5.41, 5.74) is 0.676. The molecular weight excluding hydrogens is 250 g/mol. The second-order valence-corrected chi connectivity index (χ2v) is 4.06. The van der Waals surface area contributed by atoms with Gasteiger partial charge in [0.1, 0.15) is 0 Å². The number of carbonyl (C=O) groups is 3. The molecule has 1 aromatic carbocycles. The Hall–Kier alpha value is -2.37. The van der Waals surface area contributed by atoms with E-state index in [2.05, 4.69) is 0 Å². The fourth-order valence-corrected chi connectivity index (χ4v) is 1.58. The van der Waals surface area contributed by atoms with Crippen molar-refractivity contribution in [1.82, 2.24) is 0 Å². The third kappa shape index (κ3) is 4.09. The van der Waals surface area contributed by atoms with E-state index in [0.29, 0.717) is 5.69 Å². The van der Waals surface area contributed by atoms with Crippen LogP contribution in [0.2, 0.25) is 0 Å².